The van der Waals surface area contributed by atoms with Crippen LogP contribution in [0.5, 0.6) is 0 Å². The first-order valence-corrected chi connectivity index (χ1v) is 7.54. The minimum atomic E-state index is 0.0211. The number of amidine groups is 1. The summed E-state index contributed by atoms with van der Waals surface area (Å²) in [6.07, 6.45) is 0.878. The monoisotopic (exact) mass is 273 g/mol. The minimum Gasteiger partial charge on any atom is -0.332 e. The maximum Gasteiger partial charge on any atom is 0.109 e. The molecule has 110 valence electrons. The predicted octanol–water partition coefficient (Wildman–Crippen LogP) is 3.98. The number of hydrogen-bond acceptors (Lipinski definition) is 3. The van der Waals surface area contributed by atoms with Gasteiger partial charge in [0, 0.05) is 24.1 Å². The summed E-state index contributed by atoms with van der Waals surface area (Å²) in [6, 6.07) is 2.66. The van der Waals surface area contributed by atoms with E-state index in [1.807, 2.05) is 0 Å². The quantitative estimate of drug-likeness (QED) is 0.669. The largest absolute Gasteiger partial charge is 0.332 e. The van der Waals surface area contributed by atoms with E-state index in [1.54, 1.807) is 0 Å². The fraction of sp³-hybridized carbons (Fsp3) is 0.765. The average molecular weight is 273 g/mol. The Morgan fingerprint density at radius 2 is 1.75 bits per heavy atom. The zero-order valence-electron chi connectivity index (χ0n) is 13.9. The average Bonchev–Trinajstić information content (AvgIpc) is 2.67. The highest BCUT2D eigenvalue weighted by molar-refractivity contribution is 5.90. The predicted molar refractivity (Wildman–Crippen MR) is 83.3 cm³/mol. The topological polar surface area (TPSA) is 39.4 Å². The van der Waals surface area contributed by atoms with Gasteiger partial charge in [-0.1, -0.05) is 41.5 Å². The summed E-state index contributed by atoms with van der Waals surface area (Å²) < 4.78 is 0. The van der Waals surface area contributed by atoms with Crippen LogP contribution in [0.15, 0.2) is 16.3 Å². The molecule has 0 spiro atoms. The van der Waals surface area contributed by atoms with E-state index in [9.17, 15) is 5.26 Å². The first-order valence-electron chi connectivity index (χ1n) is 7.54. The molecular weight excluding hydrogens is 246 g/mol. The molecule has 0 saturated carbocycles. The van der Waals surface area contributed by atoms with Crippen LogP contribution in [-0.4, -0.2) is 23.3 Å². The summed E-state index contributed by atoms with van der Waals surface area (Å²) in [5, 5.41) is 9.32. The van der Waals surface area contributed by atoms with Crippen LogP contribution >= 0.6 is 0 Å². The second kappa shape index (κ2) is 4.62. The van der Waals surface area contributed by atoms with Gasteiger partial charge in [0.15, 0.2) is 0 Å². The molecule has 0 radical (unpaired) electrons. The lowest BCUT2D eigenvalue weighted by Gasteiger charge is -2.41. The van der Waals surface area contributed by atoms with E-state index in [2.05, 4.69) is 59.4 Å². The maximum absolute atomic E-state index is 9.32. The molecule has 2 heterocycles. The molecule has 1 saturated heterocycles. The van der Waals surface area contributed by atoms with E-state index in [0.29, 0.717) is 0 Å². The molecule has 0 N–H and O–H groups in total. The Hall–Kier alpha value is -1.30. The molecule has 0 aromatic rings. The van der Waals surface area contributed by atoms with E-state index in [0.717, 1.165) is 18.8 Å². The third-order valence-electron chi connectivity index (χ3n) is 4.13. The van der Waals surface area contributed by atoms with Crippen LogP contribution in [0.25, 0.3) is 0 Å². The highest BCUT2D eigenvalue weighted by atomic mass is 15.3. The summed E-state index contributed by atoms with van der Waals surface area (Å²) in [5.74, 6) is 1.24. The van der Waals surface area contributed by atoms with Crippen LogP contribution in [0.2, 0.25) is 0 Å². The first-order chi connectivity index (χ1) is 9.05. The molecule has 2 rings (SSSR count). The number of fused-ring (bicyclic) bond motifs is 1. The number of rotatable bonds is 0. The highest BCUT2D eigenvalue weighted by Crippen LogP contribution is 2.43. The van der Waals surface area contributed by atoms with E-state index in [4.69, 9.17) is 4.99 Å². The van der Waals surface area contributed by atoms with Gasteiger partial charge in [0.05, 0.1) is 18.0 Å². The van der Waals surface area contributed by atoms with Crippen molar-refractivity contribution in [1.29, 1.82) is 5.26 Å². The molecule has 0 amide bonds. The molecule has 2 aliphatic rings. The molecule has 2 atom stereocenters. The molecule has 1 fully saturated rings. The third kappa shape index (κ3) is 2.49. The van der Waals surface area contributed by atoms with Gasteiger partial charge in [0.25, 0.3) is 0 Å². The lowest BCUT2D eigenvalue weighted by Crippen LogP contribution is -2.43. The van der Waals surface area contributed by atoms with Crippen molar-refractivity contribution in [3.63, 3.8) is 0 Å². The summed E-state index contributed by atoms with van der Waals surface area (Å²) >= 11 is 0. The molecule has 0 aliphatic carbocycles. The number of allylic oxidation sites excluding steroid dienone is 1. The van der Waals surface area contributed by atoms with Crippen molar-refractivity contribution in [1.82, 2.24) is 4.90 Å². The standard InChI is InChI=1S/C17H27N3/c1-11-14(16(2,3)4)13-8-12(9-18)10-20(13)15(19-11)17(5,6)7/h11-12H,8,10H2,1-7H3/t11-,12-/m0/s1. The summed E-state index contributed by atoms with van der Waals surface area (Å²) in [5.41, 5.74) is 2.89. The Morgan fingerprint density at radius 1 is 1.15 bits per heavy atom. The Bertz CT molecular complexity index is 506. The van der Waals surface area contributed by atoms with Gasteiger partial charge in [0.1, 0.15) is 5.84 Å². The molecule has 2 aliphatic heterocycles. The SMILES string of the molecule is C[C@@H]1N=C(C(C)(C)C)N2C[C@H](C#N)CC2=C1C(C)(C)C. The van der Waals surface area contributed by atoms with Crippen molar-refractivity contribution in [3.8, 4) is 6.07 Å². The molecule has 0 unspecified atom stereocenters. The molecule has 3 heteroatoms. The number of aliphatic imine (C=N–C) groups is 1. The summed E-state index contributed by atoms with van der Waals surface area (Å²) in [7, 11) is 0. The lowest BCUT2D eigenvalue weighted by atomic mass is 9.79. The molecule has 3 nitrogen and oxygen atoms in total. The van der Waals surface area contributed by atoms with Crippen LogP contribution in [0.1, 0.15) is 54.9 Å². The van der Waals surface area contributed by atoms with E-state index >= 15 is 0 Å². The zero-order valence-corrected chi connectivity index (χ0v) is 13.9. The lowest BCUT2D eigenvalue weighted by molar-refractivity contribution is 0.394. The van der Waals surface area contributed by atoms with Crippen molar-refractivity contribution in [2.75, 3.05) is 6.54 Å². The zero-order chi connectivity index (χ0) is 15.3. The van der Waals surface area contributed by atoms with Gasteiger partial charge >= 0.3 is 0 Å². The molecule has 0 aromatic carbocycles. The van der Waals surface area contributed by atoms with Crippen molar-refractivity contribution in [3.05, 3.63) is 11.3 Å². The highest BCUT2D eigenvalue weighted by Gasteiger charge is 2.42. The minimum absolute atomic E-state index is 0.0211. The summed E-state index contributed by atoms with van der Waals surface area (Å²) in [6.45, 7) is 16.4. The van der Waals surface area contributed by atoms with Crippen LogP contribution in [0.4, 0.5) is 0 Å². The van der Waals surface area contributed by atoms with Gasteiger partial charge < -0.3 is 4.90 Å². The van der Waals surface area contributed by atoms with E-state index in [-0.39, 0.29) is 22.8 Å². The Morgan fingerprint density at radius 3 is 2.20 bits per heavy atom. The molecular formula is C17H27N3. The van der Waals surface area contributed by atoms with Gasteiger partial charge in [-0.15, -0.1) is 0 Å². The normalized spacial score (nSPS) is 27.3. The van der Waals surface area contributed by atoms with E-state index in [1.165, 1.54) is 11.3 Å². The second-order valence-corrected chi connectivity index (χ2v) is 8.13. The molecule has 0 aromatic heterocycles. The smallest absolute Gasteiger partial charge is 0.109 e. The van der Waals surface area contributed by atoms with Gasteiger partial charge in [-0.2, -0.15) is 5.26 Å². The first kappa shape index (κ1) is 15.1. The van der Waals surface area contributed by atoms with Gasteiger partial charge in [-0.05, 0) is 17.9 Å². The molecule has 0 bridgehead atoms. The fourth-order valence-corrected chi connectivity index (χ4v) is 3.51. The number of nitrogens with zero attached hydrogens (tertiary/aromatic N) is 3. The van der Waals surface area contributed by atoms with Crippen LogP contribution < -0.4 is 0 Å². The second-order valence-electron chi connectivity index (χ2n) is 8.13. The maximum atomic E-state index is 9.32. The fourth-order valence-electron chi connectivity index (χ4n) is 3.51. The third-order valence-corrected chi connectivity index (χ3v) is 4.13. The van der Waals surface area contributed by atoms with Crippen LogP contribution in [0.3, 0.4) is 0 Å². The number of nitriles is 1. The van der Waals surface area contributed by atoms with Crippen LogP contribution in [0, 0.1) is 28.1 Å². The van der Waals surface area contributed by atoms with Crippen molar-refractivity contribution >= 4 is 5.84 Å². The molecule has 20 heavy (non-hydrogen) atoms. The van der Waals surface area contributed by atoms with Crippen molar-refractivity contribution < 1.29 is 0 Å². The number of hydrogen-bond donors (Lipinski definition) is 0. The van der Waals surface area contributed by atoms with Gasteiger partial charge in [0.2, 0.25) is 0 Å². The van der Waals surface area contributed by atoms with Crippen molar-refractivity contribution in [2.24, 2.45) is 21.7 Å². The Labute approximate surface area is 123 Å². The van der Waals surface area contributed by atoms with Gasteiger partial charge in [-0.3, -0.25) is 4.99 Å². The Kier molecular flexibility index (Phi) is 3.48. The van der Waals surface area contributed by atoms with E-state index < -0.39 is 0 Å². The Balaban J connectivity index is 2.54. The van der Waals surface area contributed by atoms with Crippen molar-refractivity contribution in [2.45, 2.75) is 60.9 Å². The van der Waals surface area contributed by atoms with Gasteiger partial charge in [-0.25, -0.2) is 0 Å². The summed E-state index contributed by atoms with van der Waals surface area (Å²) in [4.78, 5) is 7.32. The van der Waals surface area contributed by atoms with Crippen LogP contribution in [-0.2, 0) is 0 Å².